The minimum Gasteiger partial charge on any atom is -0.455 e. The highest BCUT2D eigenvalue weighted by atomic mass is 16.3. The van der Waals surface area contributed by atoms with Gasteiger partial charge >= 0.3 is 0 Å². The van der Waals surface area contributed by atoms with Gasteiger partial charge in [0, 0.05) is 93.4 Å². The van der Waals surface area contributed by atoms with Gasteiger partial charge in [0.25, 0.3) is 0 Å². The Bertz CT molecular complexity index is 8450. The van der Waals surface area contributed by atoms with E-state index in [0.717, 1.165) is 188 Å². The summed E-state index contributed by atoms with van der Waals surface area (Å²) in [5, 5.41) is 8.88. The van der Waals surface area contributed by atoms with Crippen molar-refractivity contribution in [2.75, 3.05) is 0 Å². The van der Waals surface area contributed by atoms with Crippen molar-refractivity contribution in [3.8, 4) is 158 Å². The summed E-state index contributed by atoms with van der Waals surface area (Å²) in [4.78, 5) is 31.3. The molecule has 608 valence electrons. The summed E-state index contributed by atoms with van der Waals surface area (Å²) in [5.41, 5.74) is 30.5. The fraction of sp³-hybridized carbons (Fsp3) is 0. The summed E-state index contributed by atoms with van der Waals surface area (Å²) < 4.78 is 18.8. The Balaban J connectivity index is 0.000000145. The summed E-state index contributed by atoms with van der Waals surface area (Å²) in [7, 11) is 0. The van der Waals surface area contributed by atoms with Gasteiger partial charge in [0.05, 0.1) is 22.1 Å². The van der Waals surface area contributed by atoms with Gasteiger partial charge in [-0.3, -0.25) is 0 Å². The number of para-hydroxylation sites is 5. The molecule has 0 fully saturated rings. The fourth-order valence-corrected chi connectivity index (χ4v) is 18.9. The van der Waals surface area contributed by atoms with E-state index < -0.39 is 0 Å². The highest BCUT2D eigenvalue weighted by Crippen LogP contribution is 2.50. The zero-order chi connectivity index (χ0) is 86.0. The lowest BCUT2D eigenvalue weighted by Gasteiger charge is -2.16. The molecular formula is C120H76N8O2. The molecule has 0 unspecified atom stereocenters. The Kier molecular flexibility index (Phi) is 19.0. The van der Waals surface area contributed by atoms with Gasteiger partial charge in [-0.1, -0.05) is 364 Å². The monoisotopic (exact) mass is 1660 g/mol. The first kappa shape index (κ1) is 76.1. The van der Waals surface area contributed by atoms with Crippen molar-refractivity contribution in [2.24, 2.45) is 0 Å². The number of hydrogen-bond acceptors (Lipinski definition) is 8. The third-order valence-electron chi connectivity index (χ3n) is 24.9. The van der Waals surface area contributed by atoms with Crippen molar-refractivity contribution < 1.29 is 8.83 Å². The molecule has 130 heavy (non-hydrogen) atoms. The number of hydrogen-bond donors (Lipinski definition) is 0. The quantitative estimate of drug-likeness (QED) is 0.0997. The second kappa shape index (κ2) is 32.5. The molecule has 0 saturated heterocycles. The van der Waals surface area contributed by atoms with Crippen LogP contribution in [0.5, 0.6) is 0 Å². The molecule has 0 aliphatic carbocycles. The van der Waals surface area contributed by atoms with Gasteiger partial charge in [-0.05, 0) is 169 Å². The van der Waals surface area contributed by atoms with E-state index in [1.54, 1.807) is 0 Å². The number of fused-ring (bicyclic) bond motifs is 14. The molecule has 19 aromatic carbocycles. The molecule has 6 aromatic heterocycles. The van der Waals surface area contributed by atoms with Gasteiger partial charge < -0.3 is 18.0 Å². The summed E-state index contributed by atoms with van der Waals surface area (Å²) in [6, 6.07) is 161. The first-order valence-corrected chi connectivity index (χ1v) is 43.8. The maximum atomic E-state index is 7.06. The van der Waals surface area contributed by atoms with Crippen LogP contribution in [0.25, 0.3) is 245 Å². The molecule has 10 heteroatoms. The van der Waals surface area contributed by atoms with Crippen molar-refractivity contribution in [2.45, 2.75) is 0 Å². The van der Waals surface area contributed by atoms with Crippen LogP contribution in [-0.2, 0) is 0 Å². The van der Waals surface area contributed by atoms with Gasteiger partial charge in [-0.2, -0.15) is 0 Å². The number of rotatable bonds is 15. The smallest absolute Gasteiger partial charge is 0.164 e. The van der Waals surface area contributed by atoms with Gasteiger partial charge in [0.15, 0.2) is 40.5 Å². The highest BCUT2D eigenvalue weighted by Gasteiger charge is 2.28. The normalized spacial score (nSPS) is 11.5. The zero-order valence-corrected chi connectivity index (χ0v) is 70.3. The third kappa shape index (κ3) is 13.7. The molecule has 0 aliphatic rings. The number of aromatic nitrogens is 8. The van der Waals surface area contributed by atoms with Crippen molar-refractivity contribution in [1.29, 1.82) is 0 Å². The van der Waals surface area contributed by atoms with Crippen molar-refractivity contribution in [3.63, 3.8) is 0 Å². The summed E-state index contributed by atoms with van der Waals surface area (Å²) in [6.45, 7) is 0. The van der Waals surface area contributed by atoms with Crippen LogP contribution in [0.1, 0.15) is 0 Å². The first-order valence-electron chi connectivity index (χ1n) is 43.8. The number of furan rings is 2. The minimum absolute atomic E-state index is 0.577. The van der Waals surface area contributed by atoms with E-state index in [-0.39, 0.29) is 0 Å². The second-order valence-corrected chi connectivity index (χ2v) is 32.7. The standard InChI is InChI=1S/C63H40N4O.C57H36N4O/c1-6-19-41(20-7-1)46-37-47(42-21-8-2-9-22-42)39-48(38-46)45-33-34-50(55(40-45)63-65-61(43-23-10-3-11-24-43)64-62(66-63)44-25-12-4-13-26-44)52-30-18-32-57-58(52)54-36-35-53-51-29-16-17-31-56(51)67(59(53)60(54)68-57)49-27-14-5-15-28-49;1-5-17-37(18-6-1)40-23-15-24-41(35-40)42-31-32-44(48(36-42)57-59-55(38-19-7-2-8-20-38)58-56(60-57)39-21-9-3-10-22-39)45-28-16-29-47-53-51(62-54(45)47)34-33-50-52(53)46-27-13-14-30-49(46)61(50)43-25-11-4-12-26-43/h1-40H;1-36H. The Labute approximate surface area is 749 Å². The van der Waals surface area contributed by atoms with Gasteiger partial charge in [-0.15, -0.1) is 0 Å². The summed E-state index contributed by atoms with van der Waals surface area (Å²) in [6.07, 6.45) is 0. The molecule has 0 atom stereocenters. The van der Waals surface area contributed by atoms with E-state index in [2.05, 4.69) is 373 Å². The fourth-order valence-electron chi connectivity index (χ4n) is 18.9. The molecule has 0 spiro atoms. The van der Waals surface area contributed by atoms with E-state index >= 15 is 0 Å². The second-order valence-electron chi connectivity index (χ2n) is 32.7. The average Bonchev–Trinajstić information content (AvgIpc) is 1.55. The molecule has 0 amide bonds. The van der Waals surface area contributed by atoms with E-state index in [1.807, 2.05) is 97.1 Å². The summed E-state index contributed by atoms with van der Waals surface area (Å²) >= 11 is 0. The lowest BCUT2D eigenvalue weighted by Crippen LogP contribution is -2.01. The maximum Gasteiger partial charge on any atom is 0.164 e. The van der Waals surface area contributed by atoms with Crippen LogP contribution in [0, 0.1) is 0 Å². The molecule has 0 saturated carbocycles. The largest absolute Gasteiger partial charge is 0.455 e. The Morgan fingerprint density at radius 3 is 1.02 bits per heavy atom. The van der Waals surface area contributed by atoms with Crippen molar-refractivity contribution in [3.05, 3.63) is 461 Å². The molecule has 25 aromatic rings. The molecule has 0 radical (unpaired) electrons. The van der Waals surface area contributed by atoms with Gasteiger partial charge in [0.1, 0.15) is 16.7 Å². The predicted octanol–water partition coefficient (Wildman–Crippen LogP) is 31.4. The van der Waals surface area contributed by atoms with E-state index in [4.69, 9.17) is 38.7 Å². The summed E-state index contributed by atoms with van der Waals surface area (Å²) in [5.74, 6) is 3.58. The van der Waals surface area contributed by atoms with Crippen LogP contribution in [0.3, 0.4) is 0 Å². The highest BCUT2D eigenvalue weighted by molar-refractivity contribution is 6.29. The minimum atomic E-state index is 0.577. The third-order valence-corrected chi connectivity index (χ3v) is 24.9. The Hall–Kier alpha value is -17.6. The molecular weight excluding hydrogens is 1590 g/mol. The lowest BCUT2D eigenvalue weighted by molar-refractivity contribution is 0.670. The number of benzene rings is 19. The molecule has 0 aliphatic heterocycles. The number of nitrogens with zero attached hydrogens (tertiary/aromatic N) is 8. The zero-order valence-electron chi connectivity index (χ0n) is 70.3. The van der Waals surface area contributed by atoms with E-state index in [0.29, 0.717) is 34.9 Å². The molecule has 0 N–H and O–H groups in total. The molecule has 10 nitrogen and oxygen atoms in total. The van der Waals surface area contributed by atoms with Gasteiger partial charge in [0.2, 0.25) is 0 Å². The van der Waals surface area contributed by atoms with E-state index in [9.17, 15) is 0 Å². The predicted molar refractivity (Wildman–Crippen MR) is 534 cm³/mol. The van der Waals surface area contributed by atoms with Crippen LogP contribution < -0.4 is 0 Å². The Morgan fingerprint density at radius 1 is 0.162 bits per heavy atom. The van der Waals surface area contributed by atoms with E-state index in [1.165, 1.54) is 21.7 Å². The van der Waals surface area contributed by atoms with Crippen LogP contribution in [0.4, 0.5) is 0 Å². The maximum absolute atomic E-state index is 7.06. The van der Waals surface area contributed by atoms with Crippen LogP contribution in [0.2, 0.25) is 0 Å². The SMILES string of the molecule is c1ccc(-c2cc(-c3ccccc3)cc(-c3ccc(-c4cccc5oc6c(ccc7c8ccccc8n(-c8ccccc8)c76)c45)c(-c4nc(-c5ccccc5)nc(-c5ccccc5)n4)c3)c2)cc1.c1ccc(-c2cccc(-c3ccc(-c4cccc5c4oc4ccc6c(c7ccccc7n6-c6ccccc6)c45)c(-c4nc(-c5ccccc5)nc(-c5ccccc5)n4)c3)c2)cc1. The van der Waals surface area contributed by atoms with Crippen molar-refractivity contribution in [1.82, 2.24) is 39.0 Å². The molecule has 25 rings (SSSR count). The molecule has 0 bridgehead atoms. The van der Waals surface area contributed by atoms with Gasteiger partial charge in [-0.25, -0.2) is 29.9 Å². The van der Waals surface area contributed by atoms with Crippen LogP contribution >= 0.6 is 0 Å². The lowest BCUT2D eigenvalue weighted by atomic mass is 9.89. The first-order chi connectivity index (χ1) is 64.5. The average molecular weight is 1660 g/mol. The topological polar surface area (TPSA) is 113 Å². The molecule has 6 heterocycles. The van der Waals surface area contributed by atoms with Crippen molar-refractivity contribution >= 4 is 87.5 Å². The van der Waals surface area contributed by atoms with Crippen LogP contribution in [-0.4, -0.2) is 39.0 Å². The Morgan fingerprint density at radius 2 is 0.500 bits per heavy atom. The van der Waals surface area contributed by atoms with Crippen LogP contribution in [0.15, 0.2) is 470 Å².